The Hall–Kier alpha value is -2.58. The SMILES string of the molecule is Cc1cccc(N(N)C(=O)NN)c1COc1ccn(C(C)(C)C)n1. The third-order valence-electron chi connectivity index (χ3n) is 3.60. The van der Waals surface area contributed by atoms with Crippen LogP contribution in [0, 0.1) is 6.92 Å². The number of hydrogen-bond acceptors (Lipinski definition) is 5. The van der Waals surface area contributed by atoms with E-state index in [0.29, 0.717) is 11.6 Å². The molecule has 0 bridgehead atoms. The molecule has 5 N–H and O–H groups in total. The van der Waals surface area contributed by atoms with Crippen molar-refractivity contribution in [1.29, 1.82) is 0 Å². The van der Waals surface area contributed by atoms with Gasteiger partial charge in [-0.15, -0.1) is 5.10 Å². The van der Waals surface area contributed by atoms with Gasteiger partial charge in [0.25, 0.3) is 0 Å². The maximum atomic E-state index is 11.7. The number of hydrazine groups is 2. The lowest BCUT2D eigenvalue weighted by molar-refractivity contribution is 0.246. The number of benzene rings is 1. The van der Waals surface area contributed by atoms with Crippen LogP contribution < -0.4 is 26.9 Å². The number of ether oxygens (including phenoxy) is 1. The summed E-state index contributed by atoms with van der Waals surface area (Å²) in [7, 11) is 0. The van der Waals surface area contributed by atoms with Crippen LogP contribution in [0.2, 0.25) is 0 Å². The van der Waals surface area contributed by atoms with Gasteiger partial charge in [-0.2, -0.15) is 0 Å². The molecule has 0 aliphatic rings. The normalized spacial score (nSPS) is 11.2. The van der Waals surface area contributed by atoms with E-state index in [2.05, 4.69) is 25.9 Å². The molecule has 1 aromatic heterocycles. The van der Waals surface area contributed by atoms with Gasteiger partial charge in [-0.25, -0.2) is 21.5 Å². The Balaban J connectivity index is 2.21. The first-order valence-electron chi connectivity index (χ1n) is 7.57. The van der Waals surface area contributed by atoms with Crippen molar-refractivity contribution in [2.75, 3.05) is 5.01 Å². The molecule has 0 atom stereocenters. The molecule has 0 spiro atoms. The molecule has 0 aliphatic carbocycles. The van der Waals surface area contributed by atoms with Crippen LogP contribution in [0.15, 0.2) is 30.5 Å². The first-order valence-corrected chi connectivity index (χ1v) is 7.57. The molecule has 1 heterocycles. The average molecular weight is 332 g/mol. The molecule has 0 saturated carbocycles. The predicted octanol–water partition coefficient (Wildman–Crippen LogP) is 1.79. The van der Waals surface area contributed by atoms with Gasteiger partial charge in [-0.05, 0) is 39.3 Å². The highest BCUT2D eigenvalue weighted by atomic mass is 16.5. The van der Waals surface area contributed by atoms with Crippen LogP contribution in [0.3, 0.4) is 0 Å². The number of aromatic nitrogens is 2. The topological polar surface area (TPSA) is 111 Å². The highest BCUT2D eigenvalue weighted by Crippen LogP contribution is 2.24. The number of aryl methyl sites for hydroxylation is 1. The van der Waals surface area contributed by atoms with Crippen LogP contribution in [0.25, 0.3) is 0 Å². The number of hydrogen-bond donors (Lipinski definition) is 3. The van der Waals surface area contributed by atoms with Gasteiger partial charge in [0.05, 0.1) is 11.2 Å². The number of carbonyl (C=O) groups excluding carboxylic acids is 1. The zero-order chi connectivity index (χ0) is 17.9. The Morgan fingerprint density at radius 1 is 1.38 bits per heavy atom. The number of nitrogens with one attached hydrogen (secondary N) is 1. The number of carbonyl (C=O) groups is 1. The lowest BCUT2D eigenvalue weighted by atomic mass is 10.1. The van der Waals surface area contributed by atoms with E-state index in [0.717, 1.165) is 16.1 Å². The smallest absolute Gasteiger partial charge is 0.350 e. The number of nitrogens with zero attached hydrogens (tertiary/aromatic N) is 3. The minimum Gasteiger partial charge on any atom is -0.472 e. The predicted molar refractivity (Wildman–Crippen MR) is 92.1 cm³/mol. The van der Waals surface area contributed by atoms with Crippen molar-refractivity contribution in [2.24, 2.45) is 11.7 Å². The van der Waals surface area contributed by atoms with Gasteiger partial charge in [0.15, 0.2) is 0 Å². The van der Waals surface area contributed by atoms with Crippen molar-refractivity contribution in [3.8, 4) is 5.88 Å². The molecular formula is C16H24N6O2. The highest BCUT2D eigenvalue weighted by molar-refractivity contribution is 5.91. The van der Waals surface area contributed by atoms with Crippen molar-refractivity contribution in [3.05, 3.63) is 41.6 Å². The molecule has 0 unspecified atom stereocenters. The zero-order valence-corrected chi connectivity index (χ0v) is 14.4. The Kier molecular flexibility index (Phi) is 5.10. The monoisotopic (exact) mass is 332 g/mol. The molecule has 2 amide bonds. The summed E-state index contributed by atoms with van der Waals surface area (Å²) in [5.41, 5.74) is 4.14. The third-order valence-corrected chi connectivity index (χ3v) is 3.60. The molecule has 8 heteroatoms. The summed E-state index contributed by atoms with van der Waals surface area (Å²) in [6.45, 7) is 8.32. The van der Waals surface area contributed by atoms with Crippen molar-refractivity contribution < 1.29 is 9.53 Å². The maximum absolute atomic E-state index is 11.7. The quantitative estimate of drug-likeness (QED) is 0.449. The van der Waals surface area contributed by atoms with Gasteiger partial charge in [0, 0.05) is 17.8 Å². The van der Waals surface area contributed by atoms with Gasteiger partial charge in [0.2, 0.25) is 5.88 Å². The lowest BCUT2D eigenvalue weighted by Crippen LogP contribution is -2.48. The van der Waals surface area contributed by atoms with Crippen molar-refractivity contribution in [2.45, 2.75) is 39.8 Å². The molecule has 8 nitrogen and oxygen atoms in total. The first kappa shape index (κ1) is 17.8. The van der Waals surface area contributed by atoms with Gasteiger partial charge in [-0.1, -0.05) is 12.1 Å². The van der Waals surface area contributed by atoms with Gasteiger partial charge < -0.3 is 4.74 Å². The number of rotatable bonds is 4. The standard InChI is InChI=1S/C16H24N6O2/c1-11-6-5-7-13(22(18)15(23)19-17)12(11)10-24-14-8-9-21(20-14)16(2,3)4/h5-9H,10,17-18H2,1-4H3,(H,19,23). The number of amides is 2. The molecule has 130 valence electrons. The first-order chi connectivity index (χ1) is 11.2. The van der Waals surface area contributed by atoms with E-state index < -0.39 is 6.03 Å². The van der Waals surface area contributed by atoms with Gasteiger partial charge in [-0.3, -0.25) is 10.1 Å². The Bertz CT molecular complexity index is 720. The van der Waals surface area contributed by atoms with E-state index >= 15 is 0 Å². The second-order valence-corrected chi connectivity index (χ2v) is 6.45. The fraction of sp³-hybridized carbons (Fsp3) is 0.375. The van der Waals surface area contributed by atoms with E-state index in [1.54, 1.807) is 12.1 Å². The number of urea groups is 1. The van der Waals surface area contributed by atoms with Crippen LogP contribution in [0.4, 0.5) is 10.5 Å². The summed E-state index contributed by atoms with van der Waals surface area (Å²) in [4.78, 5) is 11.7. The fourth-order valence-corrected chi connectivity index (χ4v) is 2.18. The Morgan fingerprint density at radius 3 is 2.67 bits per heavy atom. The molecule has 2 aromatic rings. The lowest BCUT2D eigenvalue weighted by Gasteiger charge is -2.21. The van der Waals surface area contributed by atoms with Crippen molar-refractivity contribution in [1.82, 2.24) is 15.2 Å². The second kappa shape index (κ2) is 6.90. The Morgan fingerprint density at radius 2 is 2.08 bits per heavy atom. The maximum Gasteiger partial charge on any atom is 0.350 e. The summed E-state index contributed by atoms with van der Waals surface area (Å²) in [5, 5.41) is 5.36. The van der Waals surface area contributed by atoms with Crippen molar-refractivity contribution in [3.63, 3.8) is 0 Å². The van der Waals surface area contributed by atoms with Crippen molar-refractivity contribution >= 4 is 11.7 Å². The molecule has 2 rings (SSSR count). The van der Waals surface area contributed by atoms with Gasteiger partial charge in [0.1, 0.15) is 6.61 Å². The Labute approximate surface area is 141 Å². The molecule has 0 aliphatic heterocycles. The molecule has 1 aromatic carbocycles. The van der Waals surface area contributed by atoms with Crippen LogP contribution in [-0.4, -0.2) is 15.8 Å². The number of nitrogens with two attached hydrogens (primary N) is 2. The van der Waals surface area contributed by atoms with E-state index in [9.17, 15) is 4.79 Å². The van der Waals surface area contributed by atoms with Crippen LogP contribution in [0.1, 0.15) is 31.9 Å². The van der Waals surface area contributed by atoms with E-state index in [4.69, 9.17) is 16.4 Å². The average Bonchev–Trinajstić information content (AvgIpc) is 3.01. The highest BCUT2D eigenvalue weighted by Gasteiger charge is 2.18. The summed E-state index contributed by atoms with van der Waals surface area (Å²) < 4.78 is 7.61. The fourth-order valence-electron chi connectivity index (χ4n) is 2.18. The largest absolute Gasteiger partial charge is 0.472 e. The summed E-state index contributed by atoms with van der Waals surface area (Å²) >= 11 is 0. The summed E-state index contributed by atoms with van der Waals surface area (Å²) in [6, 6.07) is 6.65. The van der Waals surface area contributed by atoms with E-state index in [1.807, 2.05) is 35.4 Å². The molecular weight excluding hydrogens is 308 g/mol. The van der Waals surface area contributed by atoms with Gasteiger partial charge >= 0.3 is 6.03 Å². The minimum atomic E-state index is -0.612. The molecule has 0 radical (unpaired) electrons. The summed E-state index contributed by atoms with van der Waals surface area (Å²) in [6.07, 6.45) is 1.87. The van der Waals surface area contributed by atoms with E-state index in [1.165, 1.54) is 0 Å². The van der Waals surface area contributed by atoms with Crippen LogP contribution >= 0.6 is 0 Å². The van der Waals surface area contributed by atoms with Crippen LogP contribution in [0.5, 0.6) is 5.88 Å². The second-order valence-electron chi connectivity index (χ2n) is 6.45. The third kappa shape index (κ3) is 3.84. The molecule has 24 heavy (non-hydrogen) atoms. The zero-order valence-electron chi connectivity index (χ0n) is 14.4. The molecule has 0 saturated heterocycles. The molecule has 0 fully saturated rings. The van der Waals surface area contributed by atoms with Crippen LogP contribution in [-0.2, 0) is 12.1 Å². The minimum absolute atomic E-state index is 0.122. The van der Waals surface area contributed by atoms with E-state index in [-0.39, 0.29) is 12.1 Å². The number of anilines is 1. The summed E-state index contributed by atoms with van der Waals surface area (Å²) in [5.74, 6) is 11.5.